The number of allylic oxidation sites excluding steroid dienone is 2. The van der Waals surface area contributed by atoms with Gasteiger partial charge in [-0.1, -0.05) is 70.2 Å². The maximum atomic E-state index is 13.9. The molecule has 2 N–H and O–H groups in total. The van der Waals surface area contributed by atoms with E-state index < -0.39 is 0 Å². The monoisotopic (exact) mass is 414 g/mol. The fourth-order valence-electron chi connectivity index (χ4n) is 3.90. The number of hydrogen-bond donors (Lipinski definition) is 1. The van der Waals surface area contributed by atoms with Crippen molar-refractivity contribution in [3.8, 4) is 0 Å². The molecule has 2 unspecified atom stereocenters. The van der Waals surface area contributed by atoms with Gasteiger partial charge in [0.25, 0.3) is 0 Å². The van der Waals surface area contributed by atoms with Crippen molar-refractivity contribution in [2.75, 3.05) is 4.90 Å². The zero-order chi connectivity index (χ0) is 22.4. The average molecular weight is 415 g/mol. The number of fused-ring (bicyclic) bond motifs is 1. The number of hydrogen-bond acceptors (Lipinski definition) is 2. The molecule has 0 saturated carbocycles. The van der Waals surface area contributed by atoms with Crippen molar-refractivity contribution < 1.29 is 4.39 Å². The van der Waals surface area contributed by atoms with E-state index >= 15 is 0 Å². The molecule has 0 heterocycles. The molecule has 1 aliphatic rings. The third-order valence-electron chi connectivity index (χ3n) is 5.63. The maximum absolute atomic E-state index is 13.9. The number of halogens is 1. The Morgan fingerprint density at radius 1 is 0.806 bits per heavy atom. The topological polar surface area (TPSA) is 29.3 Å². The van der Waals surface area contributed by atoms with Crippen molar-refractivity contribution in [2.45, 2.75) is 33.6 Å². The van der Waals surface area contributed by atoms with Crippen LogP contribution in [0.5, 0.6) is 0 Å². The third-order valence-corrected chi connectivity index (χ3v) is 5.63. The van der Waals surface area contributed by atoms with Gasteiger partial charge in [0, 0.05) is 28.3 Å². The van der Waals surface area contributed by atoms with Crippen LogP contribution in [0.25, 0.3) is 5.70 Å². The number of para-hydroxylation sites is 2. The lowest BCUT2D eigenvalue weighted by Crippen LogP contribution is -2.20. The molecule has 3 aromatic rings. The van der Waals surface area contributed by atoms with Gasteiger partial charge in [0.15, 0.2) is 0 Å². The van der Waals surface area contributed by atoms with Gasteiger partial charge in [0.05, 0.1) is 0 Å². The molecule has 0 aromatic heterocycles. The Balaban J connectivity index is 0.00000132. The van der Waals surface area contributed by atoms with Crippen molar-refractivity contribution in [3.63, 3.8) is 0 Å². The predicted molar refractivity (Wildman–Crippen MR) is 131 cm³/mol. The summed E-state index contributed by atoms with van der Waals surface area (Å²) in [5, 5.41) is 0. The van der Waals surface area contributed by atoms with Gasteiger partial charge in [-0.05, 0) is 65.9 Å². The fourth-order valence-corrected chi connectivity index (χ4v) is 3.90. The lowest BCUT2D eigenvalue weighted by Gasteiger charge is -2.31. The van der Waals surface area contributed by atoms with Gasteiger partial charge < -0.3 is 10.6 Å². The smallest absolute Gasteiger partial charge is 0.123 e. The van der Waals surface area contributed by atoms with E-state index in [1.54, 1.807) is 12.1 Å². The minimum atomic E-state index is -0.226. The molecular weight excluding hydrogens is 383 g/mol. The summed E-state index contributed by atoms with van der Waals surface area (Å²) in [4.78, 5) is 2.21. The molecule has 0 radical (unpaired) electrons. The maximum Gasteiger partial charge on any atom is 0.123 e. The molecule has 0 aliphatic heterocycles. The zero-order valence-corrected chi connectivity index (χ0v) is 18.7. The highest BCUT2D eigenvalue weighted by atomic mass is 19.1. The van der Waals surface area contributed by atoms with Crippen LogP contribution < -0.4 is 10.6 Å². The van der Waals surface area contributed by atoms with E-state index in [0.717, 1.165) is 28.2 Å². The van der Waals surface area contributed by atoms with Gasteiger partial charge in [0.2, 0.25) is 0 Å². The molecule has 160 valence electrons. The predicted octanol–water partition coefficient (Wildman–Crippen LogP) is 7.63. The van der Waals surface area contributed by atoms with Gasteiger partial charge in [0.1, 0.15) is 5.82 Å². The number of rotatable bonds is 3. The molecule has 0 spiro atoms. The van der Waals surface area contributed by atoms with Crippen molar-refractivity contribution in [3.05, 3.63) is 114 Å². The Kier molecular flexibility index (Phi) is 7.30. The number of nitrogens with zero attached hydrogens (tertiary/aromatic N) is 1. The highest BCUT2D eigenvalue weighted by molar-refractivity contribution is 5.76. The van der Waals surface area contributed by atoms with Crippen molar-refractivity contribution in [1.82, 2.24) is 0 Å². The van der Waals surface area contributed by atoms with Crippen LogP contribution in [0.3, 0.4) is 0 Å². The van der Waals surface area contributed by atoms with E-state index in [2.05, 4.69) is 49.1 Å². The Bertz CT molecular complexity index is 1020. The highest BCUT2D eigenvalue weighted by Gasteiger charge is 2.23. The summed E-state index contributed by atoms with van der Waals surface area (Å²) < 4.78 is 13.9. The van der Waals surface area contributed by atoms with Gasteiger partial charge in [-0.15, -0.1) is 0 Å². The van der Waals surface area contributed by atoms with E-state index in [1.165, 1.54) is 6.07 Å². The second kappa shape index (κ2) is 10.1. The summed E-state index contributed by atoms with van der Waals surface area (Å²) in [5.41, 5.74) is 12.2. The average Bonchev–Trinajstić information content (AvgIpc) is 2.80. The molecule has 0 saturated heterocycles. The van der Waals surface area contributed by atoms with E-state index in [-0.39, 0.29) is 17.7 Å². The standard InChI is InChI=1S/C26H25FN2.C2H6/c1-18-15-23(17-26(28)24-14-13-20(27)16-25(24)19(18)2)29(21-9-5-3-6-10-21)22-11-7-4-8-12-22;1-2/h3-19H,28H2,1-2H3;1-2H3/b23-15+,26-17-;. The third kappa shape index (κ3) is 4.88. The van der Waals surface area contributed by atoms with E-state index in [1.807, 2.05) is 56.3 Å². The van der Waals surface area contributed by atoms with Crippen LogP contribution in [-0.2, 0) is 0 Å². The van der Waals surface area contributed by atoms with Crippen LogP contribution in [0.2, 0.25) is 0 Å². The first-order valence-corrected chi connectivity index (χ1v) is 10.9. The molecule has 0 fully saturated rings. The first-order chi connectivity index (χ1) is 15.0. The zero-order valence-electron chi connectivity index (χ0n) is 18.7. The van der Waals surface area contributed by atoms with E-state index in [9.17, 15) is 4.39 Å². The molecular formula is C28H31FN2. The van der Waals surface area contributed by atoms with E-state index in [0.29, 0.717) is 5.70 Å². The molecule has 0 bridgehead atoms. The van der Waals surface area contributed by atoms with Crippen LogP contribution in [0.4, 0.5) is 15.8 Å². The summed E-state index contributed by atoms with van der Waals surface area (Å²) in [7, 11) is 0. The molecule has 0 amide bonds. The fraction of sp³-hybridized carbons (Fsp3) is 0.214. The Hall–Kier alpha value is -3.33. The summed E-state index contributed by atoms with van der Waals surface area (Å²) in [6, 6.07) is 25.4. The van der Waals surface area contributed by atoms with Crippen LogP contribution in [0, 0.1) is 11.7 Å². The van der Waals surface area contributed by atoms with Gasteiger partial charge in [-0.25, -0.2) is 4.39 Å². The van der Waals surface area contributed by atoms with Crippen LogP contribution in [-0.4, -0.2) is 0 Å². The summed E-state index contributed by atoms with van der Waals surface area (Å²) in [6.45, 7) is 8.30. The Morgan fingerprint density at radius 2 is 1.35 bits per heavy atom. The minimum absolute atomic E-state index is 0.136. The largest absolute Gasteiger partial charge is 0.398 e. The number of benzene rings is 3. The summed E-state index contributed by atoms with van der Waals surface area (Å²) in [5.74, 6) is 0.108. The second-order valence-corrected chi connectivity index (χ2v) is 7.58. The lowest BCUT2D eigenvalue weighted by molar-refractivity contribution is 0.573. The molecule has 31 heavy (non-hydrogen) atoms. The summed E-state index contributed by atoms with van der Waals surface area (Å²) >= 11 is 0. The highest BCUT2D eigenvalue weighted by Crippen LogP contribution is 2.37. The quantitative estimate of drug-likeness (QED) is 0.477. The summed E-state index contributed by atoms with van der Waals surface area (Å²) in [6.07, 6.45) is 4.23. The molecule has 4 rings (SSSR count). The Morgan fingerprint density at radius 3 is 1.90 bits per heavy atom. The van der Waals surface area contributed by atoms with E-state index in [4.69, 9.17) is 5.73 Å². The number of anilines is 2. The molecule has 3 aromatic carbocycles. The SMILES string of the molecule is CC.CC1/C=C(N(c2ccccc2)c2ccccc2)\C=C(/N)c2ccc(F)cc2C1C. The normalized spacial score (nSPS) is 21.1. The molecule has 3 heteroatoms. The molecule has 2 nitrogen and oxygen atoms in total. The number of nitrogens with two attached hydrogens (primary N) is 1. The van der Waals surface area contributed by atoms with Crippen molar-refractivity contribution in [1.29, 1.82) is 0 Å². The van der Waals surface area contributed by atoms with Gasteiger partial charge in [-0.2, -0.15) is 0 Å². The molecule has 2 atom stereocenters. The van der Waals surface area contributed by atoms with Crippen molar-refractivity contribution >= 4 is 17.1 Å². The Labute approximate surface area is 185 Å². The van der Waals surface area contributed by atoms with Crippen LogP contribution in [0.1, 0.15) is 44.7 Å². The minimum Gasteiger partial charge on any atom is -0.398 e. The lowest BCUT2D eigenvalue weighted by atomic mass is 9.83. The van der Waals surface area contributed by atoms with Crippen LogP contribution in [0.15, 0.2) is 96.7 Å². The molecule has 1 aliphatic carbocycles. The van der Waals surface area contributed by atoms with Crippen molar-refractivity contribution in [2.24, 2.45) is 11.7 Å². The van der Waals surface area contributed by atoms with Crippen LogP contribution >= 0.6 is 0 Å². The first kappa shape index (κ1) is 22.4. The second-order valence-electron chi connectivity index (χ2n) is 7.58. The van der Waals surface area contributed by atoms with Gasteiger partial charge in [-0.3, -0.25) is 0 Å². The first-order valence-electron chi connectivity index (χ1n) is 10.9. The van der Waals surface area contributed by atoms with Gasteiger partial charge >= 0.3 is 0 Å².